The molecule has 3 amide bonds. The van der Waals surface area contributed by atoms with Crippen LogP contribution in [0.4, 0.5) is 9.59 Å². The molecule has 2 aliphatic heterocycles. The van der Waals surface area contributed by atoms with E-state index in [0.29, 0.717) is 13.1 Å². The van der Waals surface area contributed by atoms with Gasteiger partial charge >= 0.3 is 12.2 Å². The van der Waals surface area contributed by atoms with Gasteiger partial charge in [0.25, 0.3) is 0 Å². The minimum absolute atomic E-state index is 0.0950. The van der Waals surface area contributed by atoms with Crippen LogP contribution in [0.25, 0.3) is 43.0 Å². The van der Waals surface area contributed by atoms with Crippen LogP contribution in [0.2, 0.25) is 0 Å². The smallest absolute Gasteiger partial charge is 0.410 e. The van der Waals surface area contributed by atoms with Gasteiger partial charge in [-0.15, -0.1) is 22.7 Å². The molecule has 3 N–H and O–H groups in total. The Balaban J connectivity index is 1.05. The minimum atomic E-state index is -0.677. The van der Waals surface area contributed by atoms with Crippen LogP contribution in [0.3, 0.4) is 0 Å². The number of amides is 3. The van der Waals surface area contributed by atoms with Crippen molar-refractivity contribution in [3.05, 3.63) is 59.1 Å². The number of rotatable bonds is 8. The molecule has 6 heterocycles. The molecule has 2 fully saturated rings. The Morgan fingerprint density at radius 3 is 2.04 bits per heavy atom. The lowest BCUT2D eigenvalue weighted by Gasteiger charge is -2.30. The molecule has 0 bridgehead atoms. The standard InChI is InChI=1S/C38H45N7O5S2/c1-21(2)30(43-36(47)49-6)35(46)44-15-7-9-28(44)33-39-17-26(41-33)23-13-11-22(12-14-23)24-19-51-32-25(20-52-31(24)32)27-18-40-34(42-27)29-10-8-16-45(29)37(48)50-38(3,4)5/h11-14,17-21,28-30H,7-10,15-16H2,1-6H3,(H,39,41)(H,40,42)(H,43,47). The van der Waals surface area contributed by atoms with Crippen molar-refractivity contribution in [3.63, 3.8) is 0 Å². The molecule has 5 aromatic rings. The Morgan fingerprint density at radius 2 is 1.40 bits per heavy atom. The monoisotopic (exact) mass is 743 g/mol. The highest BCUT2D eigenvalue weighted by Crippen LogP contribution is 2.44. The van der Waals surface area contributed by atoms with Crippen LogP contribution < -0.4 is 5.32 Å². The number of aromatic nitrogens is 4. The maximum absolute atomic E-state index is 13.5. The number of nitrogens with zero attached hydrogens (tertiary/aromatic N) is 4. The quantitative estimate of drug-likeness (QED) is 0.144. The number of carbonyl (C=O) groups excluding carboxylic acids is 3. The van der Waals surface area contributed by atoms with E-state index >= 15 is 0 Å². The number of fused-ring (bicyclic) bond motifs is 1. The number of methoxy groups -OCH3 is 1. The van der Waals surface area contributed by atoms with Crippen molar-refractivity contribution < 1.29 is 23.9 Å². The van der Waals surface area contributed by atoms with E-state index < -0.39 is 17.7 Å². The molecule has 0 aliphatic carbocycles. The highest BCUT2D eigenvalue weighted by molar-refractivity contribution is 7.27. The average Bonchev–Trinajstić information content (AvgIpc) is 3.95. The molecule has 52 heavy (non-hydrogen) atoms. The predicted octanol–water partition coefficient (Wildman–Crippen LogP) is 8.53. The molecular formula is C38H45N7O5S2. The second-order valence-corrected chi connectivity index (χ2v) is 16.5. The van der Waals surface area contributed by atoms with Gasteiger partial charge in [0.1, 0.15) is 23.3 Å². The summed E-state index contributed by atoms with van der Waals surface area (Å²) in [6, 6.07) is 7.45. The summed E-state index contributed by atoms with van der Waals surface area (Å²) in [7, 11) is 1.30. The molecule has 7 rings (SSSR count). The van der Waals surface area contributed by atoms with Crippen LogP contribution in [-0.4, -0.2) is 79.7 Å². The van der Waals surface area contributed by atoms with Gasteiger partial charge in [-0.25, -0.2) is 19.6 Å². The first-order valence-electron chi connectivity index (χ1n) is 17.8. The number of H-pyrrole nitrogens is 2. The fraction of sp³-hybridized carbons (Fsp3) is 0.447. The van der Waals surface area contributed by atoms with Crippen molar-refractivity contribution >= 4 is 50.2 Å². The van der Waals surface area contributed by atoms with Crippen molar-refractivity contribution in [1.29, 1.82) is 0 Å². The average molecular weight is 744 g/mol. The Kier molecular flexibility index (Phi) is 9.87. The first-order chi connectivity index (χ1) is 24.9. The number of imidazole rings is 2. The summed E-state index contributed by atoms with van der Waals surface area (Å²) in [5.74, 6) is 1.30. The van der Waals surface area contributed by atoms with Crippen molar-refractivity contribution in [1.82, 2.24) is 35.1 Å². The predicted molar refractivity (Wildman–Crippen MR) is 203 cm³/mol. The summed E-state index contributed by atoms with van der Waals surface area (Å²) < 4.78 is 12.8. The van der Waals surface area contributed by atoms with E-state index in [1.807, 2.05) is 51.9 Å². The number of likely N-dealkylation sites (tertiary alicyclic amines) is 2. The number of aromatic amines is 2. The zero-order valence-corrected chi connectivity index (χ0v) is 32.0. The molecule has 0 spiro atoms. The fourth-order valence-electron chi connectivity index (χ4n) is 7.11. The number of alkyl carbamates (subject to hydrolysis) is 1. The van der Waals surface area contributed by atoms with Gasteiger partial charge in [0.05, 0.1) is 52.4 Å². The van der Waals surface area contributed by atoms with Crippen LogP contribution in [0, 0.1) is 5.92 Å². The van der Waals surface area contributed by atoms with Gasteiger partial charge in [0.15, 0.2) is 0 Å². The van der Waals surface area contributed by atoms with Gasteiger partial charge in [0.2, 0.25) is 5.91 Å². The van der Waals surface area contributed by atoms with Gasteiger partial charge in [-0.1, -0.05) is 38.1 Å². The molecule has 3 atom stereocenters. The number of carbonyl (C=O) groups is 3. The third-order valence-corrected chi connectivity index (χ3v) is 11.9. The first-order valence-corrected chi connectivity index (χ1v) is 19.5. The number of thiophene rings is 2. The lowest BCUT2D eigenvalue weighted by molar-refractivity contribution is -0.135. The van der Waals surface area contributed by atoms with Gasteiger partial charge in [0, 0.05) is 35.0 Å². The van der Waals surface area contributed by atoms with E-state index in [9.17, 15) is 14.4 Å². The Morgan fingerprint density at radius 1 is 0.846 bits per heavy atom. The maximum Gasteiger partial charge on any atom is 0.410 e. The topological polar surface area (TPSA) is 146 Å². The van der Waals surface area contributed by atoms with Crippen molar-refractivity contribution in [2.24, 2.45) is 5.92 Å². The normalized spacial score (nSPS) is 18.4. The zero-order chi connectivity index (χ0) is 36.7. The lowest BCUT2D eigenvalue weighted by atomic mass is 10.0. The number of hydrogen-bond donors (Lipinski definition) is 3. The van der Waals surface area contributed by atoms with Crippen LogP contribution in [0.5, 0.6) is 0 Å². The van der Waals surface area contributed by atoms with Crippen LogP contribution >= 0.6 is 22.7 Å². The largest absolute Gasteiger partial charge is 0.453 e. The van der Waals surface area contributed by atoms with Gasteiger partial charge in [-0.2, -0.15) is 0 Å². The number of nitrogens with one attached hydrogen (secondary N) is 3. The molecule has 12 nitrogen and oxygen atoms in total. The van der Waals surface area contributed by atoms with Crippen molar-refractivity contribution in [2.45, 2.75) is 84.0 Å². The van der Waals surface area contributed by atoms with Gasteiger partial charge in [-0.3, -0.25) is 9.69 Å². The fourth-order valence-corrected chi connectivity index (χ4v) is 9.56. The Hall–Kier alpha value is -4.69. The highest BCUT2D eigenvalue weighted by Gasteiger charge is 2.38. The van der Waals surface area contributed by atoms with E-state index in [2.05, 4.69) is 50.3 Å². The molecule has 0 radical (unpaired) electrons. The number of benzene rings is 1. The van der Waals surface area contributed by atoms with E-state index in [0.717, 1.165) is 65.4 Å². The first kappa shape index (κ1) is 35.7. The summed E-state index contributed by atoms with van der Waals surface area (Å²) in [5.41, 5.74) is 5.69. The summed E-state index contributed by atoms with van der Waals surface area (Å²) in [6.07, 6.45) is 6.19. The minimum Gasteiger partial charge on any atom is -0.453 e. The van der Waals surface area contributed by atoms with E-state index in [1.54, 1.807) is 27.6 Å². The number of ether oxygens (including phenoxy) is 2. The summed E-state index contributed by atoms with van der Waals surface area (Å²) in [4.78, 5) is 58.4. The molecule has 1 aromatic carbocycles. The molecule has 3 unspecified atom stereocenters. The molecule has 2 aliphatic rings. The molecule has 0 saturated carbocycles. The lowest BCUT2D eigenvalue weighted by Crippen LogP contribution is -2.51. The Labute approximate surface area is 310 Å². The van der Waals surface area contributed by atoms with Crippen LogP contribution in [-0.2, 0) is 14.3 Å². The van der Waals surface area contributed by atoms with Crippen LogP contribution in [0.15, 0.2) is 47.4 Å². The second-order valence-electron chi connectivity index (χ2n) is 14.8. The third-order valence-electron chi connectivity index (χ3n) is 9.71. The van der Waals surface area contributed by atoms with E-state index in [1.165, 1.54) is 22.1 Å². The second kappa shape index (κ2) is 14.4. The summed E-state index contributed by atoms with van der Waals surface area (Å²) >= 11 is 3.44. The summed E-state index contributed by atoms with van der Waals surface area (Å²) in [6.45, 7) is 10.7. The molecular weight excluding hydrogens is 699 g/mol. The Bertz CT molecular complexity index is 2070. The molecule has 274 valence electrons. The zero-order valence-electron chi connectivity index (χ0n) is 30.3. The summed E-state index contributed by atoms with van der Waals surface area (Å²) in [5, 5.41) is 7.08. The van der Waals surface area contributed by atoms with Crippen LogP contribution in [0.1, 0.15) is 84.0 Å². The number of hydrogen-bond acceptors (Lipinski definition) is 9. The van der Waals surface area contributed by atoms with E-state index in [-0.39, 0.29) is 30.0 Å². The molecule has 4 aromatic heterocycles. The third kappa shape index (κ3) is 7.05. The van der Waals surface area contributed by atoms with Gasteiger partial charge in [-0.05, 0) is 63.5 Å². The molecule has 14 heteroatoms. The highest BCUT2D eigenvalue weighted by atomic mass is 32.1. The maximum atomic E-state index is 13.5. The van der Waals surface area contributed by atoms with Crippen molar-refractivity contribution in [3.8, 4) is 33.6 Å². The van der Waals surface area contributed by atoms with E-state index in [4.69, 9.17) is 19.4 Å². The van der Waals surface area contributed by atoms with Crippen molar-refractivity contribution in [2.75, 3.05) is 20.2 Å². The molecule has 2 saturated heterocycles. The van der Waals surface area contributed by atoms with Gasteiger partial charge < -0.3 is 29.7 Å². The SMILES string of the molecule is COC(=O)NC(C(=O)N1CCCC1c1ncc(-c2ccc(-c3csc4c(-c5cnc(C6CCCN6C(=O)OC(C)(C)C)[nH]5)csc34)cc2)[nH]1)C(C)C.